The molecule has 1 aliphatic rings. The van der Waals surface area contributed by atoms with Crippen LogP contribution in [0.5, 0.6) is 0 Å². The Labute approximate surface area is 175 Å². The van der Waals surface area contributed by atoms with Gasteiger partial charge in [-0.15, -0.1) is 0 Å². The number of pyridine rings is 1. The lowest BCUT2D eigenvalue weighted by atomic mass is 10.1. The molecule has 0 aliphatic carbocycles. The molecule has 0 saturated carbocycles. The van der Waals surface area contributed by atoms with Gasteiger partial charge in [0, 0.05) is 49.4 Å². The fraction of sp³-hybridized carbons (Fsp3) is 0.304. The molecule has 1 saturated heterocycles. The molecule has 0 spiro atoms. The minimum absolute atomic E-state index is 0.0181. The average molecular weight is 403 g/mol. The van der Waals surface area contributed by atoms with Crippen LogP contribution in [0.25, 0.3) is 5.82 Å². The highest BCUT2D eigenvalue weighted by atomic mass is 16.2. The van der Waals surface area contributed by atoms with E-state index in [1.807, 2.05) is 54.1 Å². The molecule has 3 heterocycles. The van der Waals surface area contributed by atoms with Crippen LogP contribution in [0.4, 0.5) is 5.69 Å². The number of benzene rings is 1. The summed E-state index contributed by atoms with van der Waals surface area (Å²) < 4.78 is 1.89. The largest absolute Gasteiger partial charge is 0.352 e. The number of aryl methyl sites for hydroxylation is 2. The predicted octanol–water partition coefficient (Wildman–Crippen LogP) is 2.81. The summed E-state index contributed by atoms with van der Waals surface area (Å²) in [5.41, 5.74) is 2.96. The van der Waals surface area contributed by atoms with Crippen LogP contribution in [-0.4, -0.2) is 32.9 Å². The molecule has 30 heavy (non-hydrogen) atoms. The van der Waals surface area contributed by atoms with Crippen molar-refractivity contribution in [2.24, 2.45) is 5.92 Å². The maximum Gasteiger partial charge on any atom is 0.227 e. The molecule has 4 rings (SSSR count). The third-order valence-corrected chi connectivity index (χ3v) is 5.53. The Hall–Kier alpha value is -3.48. The summed E-state index contributed by atoms with van der Waals surface area (Å²) in [6.07, 6.45) is 6.46. The first-order chi connectivity index (χ1) is 14.6. The number of hydrogen-bond acceptors (Lipinski definition) is 4. The zero-order valence-electron chi connectivity index (χ0n) is 17.2. The SMILES string of the molecule is CCc1ccc(N2CC(C(=O)NCc3cccnc3-n3ccnc3C)CC2=O)cc1. The highest BCUT2D eigenvalue weighted by Gasteiger charge is 2.35. The Morgan fingerprint density at radius 2 is 1.97 bits per heavy atom. The summed E-state index contributed by atoms with van der Waals surface area (Å²) in [7, 11) is 0. The van der Waals surface area contributed by atoms with Gasteiger partial charge in [0.2, 0.25) is 11.8 Å². The van der Waals surface area contributed by atoms with Crippen molar-refractivity contribution in [1.29, 1.82) is 0 Å². The van der Waals surface area contributed by atoms with Crippen LogP contribution in [-0.2, 0) is 22.6 Å². The van der Waals surface area contributed by atoms with Gasteiger partial charge >= 0.3 is 0 Å². The van der Waals surface area contributed by atoms with Crippen LogP contribution in [0.1, 0.15) is 30.3 Å². The van der Waals surface area contributed by atoms with E-state index >= 15 is 0 Å². The van der Waals surface area contributed by atoms with Crippen molar-refractivity contribution in [2.75, 3.05) is 11.4 Å². The van der Waals surface area contributed by atoms with Crippen LogP contribution in [0, 0.1) is 12.8 Å². The number of hydrogen-bond donors (Lipinski definition) is 1. The molecule has 1 unspecified atom stereocenters. The second-order valence-corrected chi connectivity index (χ2v) is 7.47. The summed E-state index contributed by atoms with van der Waals surface area (Å²) in [6, 6.07) is 11.7. The Kier molecular flexibility index (Phi) is 5.61. The first-order valence-corrected chi connectivity index (χ1v) is 10.2. The van der Waals surface area contributed by atoms with Gasteiger partial charge in [0.1, 0.15) is 11.6 Å². The van der Waals surface area contributed by atoms with Gasteiger partial charge in [-0.1, -0.05) is 25.1 Å². The van der Waals surface area contributed by atoms with Crippen molar-refractivity contribution in [1.82, 2.24) is 19.9 Å². The van der Waals surface area contributed by atoms with E-state index in [0.29, 0.717) is 13.1 Å². The molecule has 1 fully saturated rings. The number of nitrogens with one attached hydrogen (secondary N) is 1. The molecule has 1 aromatic carbocycles. The van der Waals surface area contributed by atoms with E-state index in [4.69, 9.17) is 0 Å². The molecule has 1 aliphatic heterocycles. The third-order valence-electron chi connectivity index (χ3n) is 5.53. The van der Waals surface area contributed by atoms with Gasteiger partial charge in [-0.05, 0) is 37.1 Å². The molecule has 0 bridgehead atoms. The average Bonchev–Trinajstić information content (AvgIpc) is 3.38. The second-order valence-electron chi connectivity index (χ2n) is 7.47. The van der Waals surface area contributed by atoms with Gasteiger partial charge in [-0.3, -0.25) is 14.2 Å². The number of carbonyl (C=O) groups excluding carboxylic acids is 2. The molecule has 3 aromatic rings. The number of imidazole rings is 1. The minimum atomic E-state index is -0.363. The number of aromatic nitrogens is 3. The molecule has 0 radical (unpaired) electrons. The first kappa shape index (κ1) is 19.8. The topological polar surface area (TPSA) is 80.1 Å². The zero-order valence-corrected chi connectivity index (χ0v) is 17.2. The van der Waals surface area contributed by atoms with Gasteiger partial charge in [-0.2, -0.15) is 0 Å². The summed E-state index contributed by atoms with van der Waals surface area (Å²) in [4.78, 5) is 35.7. The number of anilines is 1. The van der Waals surface area contributed by atoms with E-state index in [1.165, 1.54) is 5.56 Å². The fourth-order valence-electron chi connectivity index (χ4n) is 3.76. The van der Waals surface area contributed by atoms with Crippen molar-refractivity contribution in [3.05, 3.63) is 71.9 Å². The molecule has 2 amide bonds. The van der Waals surface area contributed by atoms with E-state index in [-0.39, 0.29) is 24.2 Å². The van der Waals surface area contributed by atoms with Gasteiger partial charge in [0.15, 0.2) is 0 Å². The Balaban J connectivity index is 1.42. The van der Waals surface area contributed by atoms with E-state index in [9.17, 15) is 9.59 Å². The Morgan fingerprint density at radius 1 is 1.17 bits per heavy atom. The van der Waals surface area contributed by atoms with Crippen LogP contribution < -0.4 is 10.2 Å². The van der Waals surface area contributed by atoms with E-state index in [0.717, 1.165) is 29.3 Å². The molecule has 2 aromatic heterocycles. The number of carbonyl (C=O) groups is 2. The maximum atomic E-state index is 12.8. The second kappa shape index (κ2) is 8.49. The molecule has 7 heteroatoms. The smallest absolute Gasteiger partial charge is 0.227 e. The standard InChI is InChI=1S/C23H25N5O2/c1-3-17-6-8-20(9-7-17)28-15-19(13-21(28)29)23(30)26-14-18-5-4-10-25-22(18)27-12-11-24-16(27)2/h4-12,19H,3,13-15H2,1-2H3,(H,26,30). The van der Waals surface area contributed by atoms with E-state index in [1.54, 1.807) is 17.3 Å². The highest BCUT2D eigenvalue weighted by Crippen LogP contribution is 2.26. The summed E-state index contributed by atoms with van der Waals surface area (Å²) in [6.45, 7) is 4.74. The summed E-state index contributed by atoms with van der Waals surface area (Å²) >= 11 is 0. The van der Waals surface area contributed by atoms with Crippen LogP contribution in [0.3, 0.4) is 0 Å². The minimum Gasteiger partial charge on any atom is -0.352 e. The third kappa shape index (κ3) is 3.96. The molecular formula is C23H25N5O2. The van der Waals surface area contributed by atoms with Gasteiger partial charge in [0.05, 0.1) is 5.92 Å². The van der Waals surface area contributed by atoms with Crippen molar-refractivity contribution < 1.29 is 9.59 Å². The van der Waals surface area contributed by atoms with Crippen molar-refractivity contribution >= 4 is 17.5 Å². The van der Waals surface area contributed by atoms with E-state index in [2.05, 4.69) is 22.2 Å². The summed E-state index contributed by atoms with van der Waals surface area (Å²) in [5.74, 6) is 1.07. The first-order valence-electron chi connectivity index (χ1n) is 10.2. The quantitative estimate of drug-likeness (QED) is 0.686. The van der Waals surface area contributed by atoms with Crippen LogP contribution in [0.2, 0.25) is 0 Å². The van der Waals surface area contributed by atoms with Gasteiger partial charge < -0.3 is 10.2 Å². The number of amides is 2. The van der Waals surface area contributed by atoms with Gasteiger partial charge in [0.25, 0.3) is 0 Å². The fourth-order valence-corrected chi connectivity index (χ4v) is 3.76. The molecule has 7 nitrogen and oxygen atoms in total. The van der Waals surface area contributed by atoms with Gasteiger partial charge in [-0.25, -0.2) is 9.97 Å². The maximum absolute atomic E-state index is 12.8. The molecule has 154 valence electrons. The summed E-state index contributed by atoms with van der Waals surface area (Å²) in [5, 5.41) is 2.98. The lowest BCUT2D eigenvalue weighted by Gasteiger charge is -2.17. The number of nitrogens with zero attached hydrogens (tertiary/aromatic N) is 4. The Morgan fingerprint density at radius 3 is 2.67 bits per heavy atom. The molecular weight excluding hydrogens is 378 g/mol. The van der Waals surface area contributed by atoms with Crippen molar-refractivity contribution in [2.45, 2.75) is 33.2 Å². The monoisotopic (exact) mass is 403 g/mol. The Bertz CT molecular complexity index is 1060. The van der Waals surface area contributed by atoms with Crippen molar-refractivity contribution in [3.8, 4) is 5.82 Å². The number of rotatable bonds is 6. The highest BCUT2D eigenvalue weighted by molar-refractivity contribution is 6.00. The normalized spacial score (nSPS) is 16.1. The zero-order chi connectivity index (χ0) is 21.1. The van der Waals surface area contributed by atoms with Crippen LogP contribution >= 0.6 is 0 Å². The molecule has 1 atom stereocenters. The lowest BCUT2D eigenvalue weighted by Crippen LogP contribution is -2.33. The van der Waals surface area contributed by atoms with E-state index < -0.39 is 0 Å². The van der Waals surface area contributed by atoms with Crippen LogP contribution in [0.15, 0.2) is 55.0 Å². The van der Waals surface area contributed by atoms with Crippen molar-refractivity contribution in [3.63, 3.8) is 0 Å². The molecule has 1 N–H and O–H groups in total. The predicted molar refractivity (Wildman–Crippen MR) is 114 cm³/mol. The lowest BCUT2D eigenvalue weighted by molar-refractivity contribution is -0.126.